The fraction of sp³-hybridized carbons (Fsp3) is 0.615. The highest BCUT2D eigenvalue weighted by molar-refractivity contribution is 5.86. The van der Waals surface area contributed by atoms with Gasteiger partial charge < -0.3 is 15.5 Å². The lowest BCUT2D eigenvalue weighted by Crippen LogP contribution is -2.23. The Bertz CT molecular complexity index is 633. The van der Waals surface area contributed by atoms with E-state index < -0.39 is 12.2 Å². The molecule has 1 aliphatic heterocycles. The van der Waals surface area contributed by atoms with Crippen molar-refractivity contribution in [1.82, 2.24) is 24.6 Å². The minimum absolute atomic E-state index is 0.435. The van der Waals surface area contributed by atoms with E-state index in [-0.39, 0.29) is 0 Å². The lowest BCUT2D eigenvalue weighted by Gasteiger charge is -2.14. The van der Waals surface area contributed by atoms with Crippen molar-refractivity contribution in [2.45, 2.75) is 25.7 Å². The number of aliphatic hydroxyl groups is 2. The Morgan fingerprint density at radius 2 is 2.00 bits per heavy atom. The van der Waals surface area contributed by atoms with Crippen LogP contribution in [0.4, 0.5) is 5.82 Å². The predicted molar refractivity (Wildman–Crippen MR) is 77.8 cm³/mol. The highest BCUT2D eigenvalue weighted by Crippen LogP contribution is 2.21. The zero-order valence-corrected chi connectivity index (χ0v) is 12.2. The fourth-order valence-electron chi connectivity index (χ4n) is 2.62. The van der Waals surface area contributed by atoms with Crippen molar-refractivity contribution < 1.29 is 10.2 Å². The number of hydrogen-bond donors (Lipinski definition) is 3. The number of aryl methyl sites for hydroxylation is 1. The first kappa shape index (κ1) is 14.2. The normalized spacial score (nSPS) is 23.0. The molecule has 0 aliphatic carbocycles. The second-order valence-electron chi connectivity index (χ2n) is 5.35. The molecule has 3 N–H and O–H groups in total. The maximum absolute atomic E-state index is 9.61. The second kappa shape index (κ2) is 5.55. The number of hydrogen-bond acceptors (Lipinski definition) is 7. The summed E-state index contributed by atoms with van der Waals surface area (Å²) < 4.78 is 1.72. The van der Waals surface area contributed by atoms with Crippen molar-refractivity contribution in [1.29, 1.82) is 0 Å². The molecule has 0 bridgehead atoms. The first-order chi connectivity index (χ1) is 10.1. The van der Waals surface area contributed by atoms with E-state index in [1.807, 2.05) is 18.9 Å². The molecule has 1 fully saturated rings. The smallest absolute Gasteiger partial charge is 0.163 e. The summed E-state index contributed by atoms with van der Waals surface area (Å²) in [5.74, 6) is 1.43. The Morgan fingerprint density at radius 1 is 1.29 bits per heavy atom. The van der Waals surface area contributed by atoms with Crippen LogP contribution in [0.15, 0.2) is 6.20 Å². The minimum atomic E-state index is -0.696. The molecule has 0 saturated carbocycles. The van der Waals surface area contributed by atoms with Crippen LogP contribution >= 0.6 is 0 Å². The number of anilines is 1. The van der Waals surface area contributed by atoms with Gasteiger partial charge in [0.25, 0.3) is 0 Å². The standard InChI is InChI=1S/C13H20N6O2/c1-3-14-12-8-4-15-18(2)13(8)17-11(16-12)7-19-5-9(20)10(21)6-19/h4,9-10,20-21H,3,5-7H2,1-2H3,(H,14,16,17). The Hall–Kier alpha value is -1.77. The number of nitrogens with one attached hydrogen (secondary N) is 1. The third-order valence-corrected chi connectivity index (χ3v) is 3.68. The number of aromatic nitrogens is 4. The van der Waals surface area contributed by atoms with Crippen molar-refractivity contribution >= 4 is 16.9 Å². The van der Waals surface area contributed by atoms with E-state index >= 15 is 0 Å². The van der Waals surface area contributed by atoms with Gasteiger partial charge in [0.15, 0.2) is 5.65 Å². The van der Waals surface area contributed by atoms with Crippen molar-refractivity contribution in [2.75, 3.05) is 25.0 Å². The van der Waals surface area contributed by atoms with E-state index in [0.29, 0.717) is 25.5 Å². The molecule has 2 atom stereocenters. The molecule has 0 radical (unpaired) electrons. The van der Waals surface area contributed by atoms with E-state index in [4.69, 9.17) is 0 Å². The molecule has 3 heterocycles. The van der Waals surface area contributed by atoms with Crippen molar-refractivity contribution in [3.8, 4) is 0 Å². The van der Waals surface area contributed by atoms with Crippen LogP contribution in [-0.4, -0.2) is 66.7 Å². The molecular weight excluding hydrogens is 272 g/mol. The number of aliphatic hydroxyl groups excluding tert-OH is 2. The molecule has 3 rings (SSSR count). The average Bonchev–Trinajstić information content (AvgIpc) is 2.95. The molecule has 1 aliphatic rings. The van der Waals surface area contributed by atoms with Crippen molar-refractivity contribution in [3.05, 3.63) is 12.0 Å². The number of nitrogens with zero attached hydrogens (tertiary/aromatic N) is 5. The first-order valence-electron chi connectivity index (χ1n) is 7.09. The topological polar surface area (TPSA) is 99.3 Å². The van der Waals surface area contributed by atoms with Gasteiger partial charge in [0.1, 0.15) is 11.6 Å². The number of likely N-dealkylation sites (tertiary alicyclic amines) is 1. The van der Waals surface area contributed by atoms with Crippen LogP contribution in [0, 0.1) is 0 Å². The molecule has 2 unspecified atom stereocenters. The van der Waals surface area contributed by atoms with E-state index in [9.17, 15) is 10.2 Å². The molecular formula is C13H20N6O2. The lowest BCUT2D eigenvalue weighted by atomic mass is 10.3. The van der Waals surface area contributed by atoms with Gasteiger partial charge in [0, 0.05) is 26.7 Å². The summed E-state index contributed by atoms with van der Waals surface area (Å²) in [6, 6.07) is 0. The fourth-order valence-corrected chi connectivity index (χ4v) is 2.62. The molecule has 2 aromatic rings. The second-order valence-corrected chi connectivity index (χ2v) is 5.35. The van der Waals surface area contributed by atoms with Gasteiger partial charge in [0.05, 0.1) is 30.3 Å². The van der Waals surface area contributed by atoms with E-state index in [1.165, 1.54) is 0 Å². The van der Waals surface area contributed by atoms with E-state index in [2.05, 4.69) is 20.4 Å². The number of fused-ring (bicyclic) bond motifs is 1. The Morgan fingerprint density at radius 3 is 2.67 bits per heavy atom. The van der Waals surface area contributed by atoms with Gasteiger partial charge in [-0.3, -0.25) is 9.58 Å². The first-order valence-corrected chi connectivity index (χ1v) is 7.09. The van der Waals surface area contributed by atoms with Crippen LogP contribution in [0.1, 0.15) is 12.7 Å². The van der Waals surface area contributed by atoms with Gasteiger partial charge in [-0.25, -0.2) is 9.97 Å². The third-order valence-electron chi connectivity index (χ3n) is 3.68. The van der Waals surface area contributed by atoms with E-state index in [1.54, 1.807) is 10.9 Å². The molecule has 0 amide bonds. The average molecular weight is 292 g/mol. The van der Waals surface area contributed by atoms with Crippen LogP contribution in [-0.2, 0) is 13.6 Å². The van der Waals surface area contributed by atoms with Gasteiger partial charge in [-0.1, -0.05) is 0 Å². The maximum Gasteiger partial charge on any atom is 0.163 e. The summed E-state index contributed by atoms with van der Waals surface area (Å²) in [6.45, 7) is 4.14. The Balaban J connectivity index is 1.90. The summed E-state index contributed by atoms with van der Waals surface area (Å²) in [7, 11) is 1.85. The zero-order chi connectivity index (χ0) is 15.0. The van der Waals surface area contributed by atoms with Crippen LogP contribution < -0.4 is 5.32 Å². The van der Waals surface area contributed by atoms with Crippen LogP contribution in [0.25, 0.3) is 11.0 Å². The number of rotatable bonds is 4. The summed E-state index contributed by atoms with van der Waals surface area (Å²) >= 11 is 0. The molecule has 0 aromatic carbocycles. The van der Waals surface area contributed by atoms with Gasteiger partial charge in [-0.05, 0) is 6.92 Å². The van der Waals surface area contributed by atoms with Gasteiger partial charge in [-0.2, -0.15) is 5.10 Å². The molecule has 2 aromatic heterocycles. The van der Waals surface area contributed by atoms with Gasteiger partial charge in [-0.15, -0.1) is 0 Å². The van der Waals surface area contributed by atoms with Crippen LogP contribution in [0.5, 0.6) is 0 Å². The number of β-amino-alcohol motifs (C(OH)–C–C–N with tert-alkyl or cyclic N) is 2. The van der Waals surface area contributed by atoms with E-state index in [0.717, 1.165) is 23.4 Å². The zero-order valence-electron chi connectivity index (χ0n) is 12.2. The van der Waals surface area contributed by atoms with Crippen molar-refractivity contribution in [2.24, 2.45) is 7.05 Å². The SMILES string of the molecule is CCNc1nc(CN2CC(O)C(O)C2)nc2c1cnn2C. The summed E-state index contributed by atoms with van der Waals surface area (Å²) in [5, 5.41) is 27.6. The van der Waals surface area contributed by atoms with Crippen LogP contribution in [0.3, 0.4) is 0 Å². The quantitative estimate of drug-likeness (QED) is 0.687. The third kappa shape index (κ3) is 2.69. The molecule has 8 nitrogen and oxygen atoms in total. The van der Waals surface area contributed by atoms with Gasteiger partial charge in [0.2, 0.25) is 0 Å². The van der Waals surface area contributed by atoms with Crippen molar-refractivity contribution in [3.63, 3.8) is 0 Å². The monoisotopic (exact) mass is 292 g/mol. The molecule has 114 valence electrons. The Kier molecular flexibility index (Phi) is 3.75. The predicted octanol–water partition coefficient (Wildman–Crippen LogP) is -0.667. The highest BCUT2D eigenvalue weighted by atomic mass is 16.3. The highest BCUT2D eigenvalue weighted by Gasteiger charge is 2.30. The minimum Gasteiger partial charge on any atom is -0.389 e. The molecule has 21 heavy (non-hydrogen) atoms. The molecule has 8 heteroatoms. The summed E-state index contributed by atoms with van der Waals surface area (Å²) in [4.78, 5) is 11.0. The largest absolute Gasteiger partial charge is 0.389 e. The maximum atomic E-state index is 9.61. The lowest BCUT2D eigenvalue weighted by molar-refractivity contribution is 0.0572. The van der Waals surface area contributed by atoms with Gasteiger partial charge >= 0.3 is 0 Å². The summed E-state index contributed by atoms with van der Waals surface area (Å²) in [6.07, 6.45) is 0.359. The Labute approximate surface area is 122 Å². The molecule has 0 spiro atoms. The molecule has 1 saturated heterocycles. The van der Waals surface area contributed by atoms with Crippen LogP contribution in [0.2, 0.25) is 0 Å². The summed E-state index contributed by atoms with van der Waals surface area (Å²) in [5.41, 5.74) is 0.774.